The highest BCUT2D eigenvalue weighted by atomic mass is 16.5. The van der Waals surface area contributed by atoms with Crippen LogP contribution in [0.1, 0.15) is 31.8 Å². The number of carbonyl (C=O) groups is 2. The molecule has 3 rings (SSSR count). The zero-order chi connectivity index (χ0) is 20.8. The van der Waals surface area contributed by atoms with Gasteiger partial charge in [-0.2, -0.15) is 0 Å². The predicted molar refractivity (Wildman–Crippen MR) is 112 cm³/mol. The lowest BCUT2D eigenvalue weighted by molar-refractivity contribution is 0.0783. The molecule has 0 radical (unpaired) electrons. The van der Waals surface area contributed by atoms with Crippen LogP contribution in [0.3, 0.4) is 0 Å². The van der Waals surface area contributed by atoms with Gasteiger partial charge < -0.3 is 14.4 Å². The number of ketones is 1. The van der Waals surface area contributed by atoms with Crippen LogP contribution in [0.2, 0.25) is 0 Å². The summed E-state index contributed by atoms with van der Waals surface area (Å²) in [6.45, 7) is 0.365. The molecule has 0 saturated heterocycles. The molecule has 0 bridgehead atoms. The summed E-state index contributed by atoms with van der Waals surface area (Å²) in [5.41, 5.74) is 2.52. The van der Waals surface area contributed by atoms with Crippen molar-refractivity contribution in [3.05, 3.63) is 95.1 Å². The summed E-state index contributed by atoms with van der Waals surface area (Å²) >= 11 is 0. The first-order valence-corrected chi connectivity index (χ1v) is 9.20. The van der Waals surface area contributed by atoms with Crippen molar-refractivity contribution in [3.63, 3.8) is 0 Å². The Hall–Kier alpha value is -3.60. The van der Waals surface area contributed by atoms with Crippen LogP contribution < -0.4 is 9.47 Å². The molecule has 0 atom stereocenters. The van der Waals surface area contributed by atoms with Gasteiger partial charge in [-0.05, 0) is 18.2 Å². The Labute approximate surface area is 170 Å². The Morgan fingerprint density at radius 1 is 0.759 bits per heavy atom. The first-order chi connectivity index (χ1) is 14.0. The molecule has 5 nitrogen and oxygen atoms in total. The number of methoxy groups -OCH3 is 2. The van der Waals surface area contributed by atoms with E-state index in [1.165, 1.54) is 0 Å². The van der Waals surface area contributed by atoms with Crippen molar-refractivity contribution in [1.29, 1.82) is 0 Å². The molecule has 0 N–H and O–H groups in total. The van der Waals surface area contributed by atoms with E-state index in [0.717, 1.165) is 5.56 Å². The Morgan fingerprint density at radius 3 is 2.00 bits per heavy atom. The lowest BCUT2D eigenvalue weighted by Gasteiger charge is -2.20. The average molecular weight is 389 g/mol. The number of nitrogens with zero attached hydrogens (tertiary/aromatic N) is 1. The van der Waals surface area contributed by atoms with Crippen molar-refractivity contribution in [2.75, 3.05) is 21.3 Å². The van der Waals surface area contributed by atoms with E-state index in [2.05, 4.69) is 0 Å². The molecule has 3 aromatic rings. The van der Waals surface area contributed by atoms with Crippen LogP contribution in [0.25, 0.3) is 0 Å². The Bertz CT molecular complexity index is 997. The number of para-hydroxylation sites is 1. The van der Waals surface area contributed by atoms with Gasteiger partial charge in [-0.15, -0.1) is 0 Å². The quantitative estimate of drug-likeness (QED) is 0.568. The largest absolute Gasteiger partial charge is 0.493 e. The van der Waals surface area contributed by atoms with Crippen LogP contribution in [-0.4, -0.2) is 37.9 Å². The van der Waals surface area contributed by atoms with Crippen LogP contribution >= 0.6 is 0 Å². The van der Waals surface area contributed by atoms with Gasteiger partial charge in [0.2, 0.25) is 0 Å². The van der Waals surface area contributed by atoms with E-state index in [4.69, 9.17) is 9.47 Å². The van der Waals surface area contributed by atoms with Crippen molar-refractivity contribution in [1.82, 2.24) is 4.90 Å². The van der Waals surface area contributed by atoms with E-state index in [1.54, 1.807) is 62.6 Å². The first-order valence-electron chi connectivity index (χ1n) is 9.20. The van der Waals surface area contributed by atoms with E-state index in [1.807, 2.05) is 36.4 Å². The minimum absolute atomic E-state index is 0.0703. The lowest BCUT2D eigenvalue weighted by Crippen LogP contribution is -2.26. The fourth-order valence-electron chi connectivity index (χ4n) is 3.15. The molecule has 29 heavy (non-hydrogen) atoms. The molecular formula is C24H23NO4. The van der Waals surface area contributed by atoms with E-state index >= 15 is 0 Å². The summed E-state index contributed by atoms with van der Waals surface area (Å²) in [4.78, 5) is 26.9. The maximum absolute atomic E-state index is 12.8. The molecule has 0 aliphatic carbocycles. The highest BCUT2D eigenvalue weighted by molar-refractivity contribution is 6.09. The zero-order valence-corrected chi connectivity index (χ0v) is 16.7. The van der Waals surface area contributed by atoms with Crippen LogP contribution in [-0.2, 0) is 6.54 Å². The van der Waals surface area contributed by atoms with Gasteiger partial charge in [0.1, 0.15) is 0 Å². The number of hydrogen-bond donors (Lipinski definition) is 0. The Morgan fingerprint density at radius 2 is 1.38 bits per heavy atom. The molecule has 3 aromatic carbocycles. The number of ether oxygens (including phenoxy) is 2. The van der Waals surface area contributed by atoms with Gasteiger partial charge in [0.15, 0.2) is 17.3 Å². The molecule has 0 fully saturated rings. The average Bonchev–Trinajstić information content (AvgIpc) is 2.78. The number of benzene rings is 3. The first kappa shape index (κ1) is 20.1. The molecule has 0 aliphatic rings. The zero-order valence-electron chi connectivity index (χ0n) is 16.7. The van der Waals surface area contributed by atoms with E-state index < -0.39 is 0 Å². The second kappa shape index (κ2) is 9.06. The van der Waals surface area contributed by atoms with E-state index in [-0.39, 0.29) is 11.7 Å². The van der Waals surface area contributed by atoms with Gasteiger partial charge >= 0.3 is 0 Å². The molecule has 0 aromatic heterocycles. The third-order valence-electron chi connectivity index (χ3n) is 4.67. The minimum atomic E-state index is -0.145. The van der Waals surface area contributed by atoms with E-state index in [0.29, 0.717) is 34.7 Å². The van der Waals surface area contributed by atoms with Crippen molar-refractivity contribution in [3.8, 4) is 11.5 Å². The van der Waals surface area contributed by atoms with Crippen LogP contribution in [0.5, 0.6) is 11.5 Å². The van der Waals surface area contributed by atoms with Gasteiger partial charge in [-0.1, -0.05) is 54.6 Å². The third kappa shape index (κ3) is 4.46. The van der Waals surface area contributed by atoms with Crippen molar-refractivity contribution >= 4 is 11.7 Å². The predicted octanol–water partition coefficient (Wildman–Crippen LogP) is 4.21. The topological polar surface area (TPSA) is 55.8 Å². The van der Waals surface area contributed by atoms with Gasteiger partial charge in [-0.25, -0.2) is 0 Å². The van der Waals surface area contributed by atoms with Gasteiger partial charge in [-0.3, -0.25) is 9.59 Å². The maximum atomic E-state index is 12.8. The fourth-order valence-corrected chi connectivity index (χ4v) is 3.15. The summed E-state index contributed by atoms with van der Waals surface area (Å²) in [7, 11) is 4.88. The monoisotopic (exact) mass is 389 g/mol. The second-order valence-corrected chi connectivity index (χ2v) is 6.59. The van der Waals surface area contributed by atoms with Crippen LogP contribution in [0, 0.1) is 0 Å². The Balaban J connectivity index is 1.74. The number of hydrogen-bond acceptors (Lipinski definition) is 4. The molecule has 5 heteroatoms. The summed E-state index contributed by atoms with van der Waals surface area (Å²) in [5.74, 6) is 1.01. The molecular weight excluding hydrogens is 366 g/mol. The Kier molecular flexibility index (Phi) is 6.29. The summed E-state index contributed by atoms with van der Waals surface area (Å²) < 4.78 is 10.8. The molecule has 0 unspecified atom stereocenters. The molecule has 148 valence electrons. The van der Waals surface area contributed by atoms with E-state index in [9.17, 15) is 9.59 Å². The van der Waals surface area contributed by atoms with Gasteiger partial charge in [0.25, 0.3) is 5.91 Å². The van der Waals surface area contributed by atoms with Crippen LogP contribution in [0.4, 0.5) is 0 Å². The molecule has 1 amide bonds. The number of rotatable bonds is 7. The minimum Gasteiger partial charge on any atom is -0.493 e. The van der Waals surface area contributed by atoms with Gasteiger partial charge in [0, 0.05) is 35.8 Å². The van der Waals surface area contributed by atoms with Gasteiger partial charge in [0.05, 0.1) is 14.2 Å². The second-order valence-electron chi connectivity index (χ2n) is 6.59. The molecule has 0 spiro atoms. The fraction of sp³-hybridized carbons (Fsp3) is 0.167. The highest BCUT2D eigenvalue weighted by Gasteiger charge is 2.17. The van der Waals surface area contributed by atoms with Crippen molar-refractivity contribution in [2.45, 2.75) is 6.54 Å². The lowest BCUT2D eigenvalue weighted by atomic mass is 10.0. The summed E-state index contributed by atoms with van der Waals surface area (Å²) in [6, 6.07) is 21.4. The smallest absolute Gasteiger partial charge is 0.253 e. The summed E-state index contributed by atoms with van der Waals surface area (Å²) in [5, 5.41) is 0. The van der Waals surface area contributed by atoms with Crippen LogP contribution in [0.15, 0.2) is 72.8 Å². The number of amides is 1. The molecule has 0 saturated carbocycles. The highest BCUT2D eigenvalue weighted by Crippen LogP contribution is 2.31. The normalized spacial score (nSPS) is 10.3. The standard InChI is InChI=1S/C24H23NO4/c1-25(16-20-10-7-11-21(28-2)23(20)29-3)24(27)19-14-12-18(13-15-19)22(26)17-8-5-4-6-9-17/h4-15H,16H2,1-3H3. The maximum Gasteiger partial charge on any atom is 0.253 e. The summed E-state index contributed by atoms with van der Waals surface area (Å²) in [6.07, 6.45) is 0. The molecule has 0 aliphatic heterocycles. The number of carbonyl (C=O) groups excluding carboxylic acids is 2. The molecule has 0 heterocycles. The van der Waals surface area contributed by atoms with Crippen molar-refractivity contribution in [2.24, 2.45) is 0 Å². The SMILES string of the molecule is COc1cccc(CN(C)C(=O)c2ccc(C(=O)c3ccccc3)cc2)c1OC. The van der Waals surface area contributed by atoms with Crippen molar-refractivity contribution < 1.29 is 19.1 Å². The third-order valence-corrected chi connectivity index (χ3v) is 4.67.